The molecular formula is C13H10INO4. The highest BCUT2D eigenvalue weighted by Gasteiger charge is 2.13. The van der Waals surface area contributed by atoms with E-state index in [0.717, 1.165) is 3.57 Å². The third-order valence-corrected chi connectivity index (χ3v) is 3.32. The van der Waals surface area contributed by atoms with Crippen molar-refractivity contribution in [3.63, 3.8) is 0 Å². The van der Waals surface area contributed by atoms with Crippen LogP contribution < -0.4 is 5.32 Å². The average molecular weight is 371 g/mol. The summed E-state index contributed by atoms with van der Waals surface area (Å²) in [6, 6.07) is 8.12. The summed E-state index contributed by atoms with van der Waals surface area (Å²) in [6.07, 6.45) is 1.42. The number of methoxy groups -OCH3 is 1. The largest absolute Gasteiger partial charge is 0.465 e. The molecule has 1 amide bonds. The number of furan rings is 1. The van der Waals surface area contributed by atoms with Crippen molar-refractivity contribution in [1.82, 2.24) is 0 Å². The molecule has 0 fully saturated rings. The minimum atomic E-state index is -0.454. The molecule has 98 valence electrons. The van der Waals surface area contributed by atoms with Gasteiger partial charge in [-0.2, -0.15) is 0 Å². The van der Waals surface area contributed by atoms with Crippen LogP contribution in [-0.4, -0.2) is 19.0 Å². The first-order chi connectivity index (χ1) is 9.11. The number of anilines is 1. The van der Waals surface area contributed by atoms with Crippen LogP contribution in [0.25, 0.3) is 0 Å². The Morgan fingerprint density at radius 2 is 2.11 bits per heavy atom. The van der Waals surface area contributed by atoms with Crippen LogP contribution in [0.5, 0.6) is 0 Å². The summed E-state index contributed by atoms with van der Waals surface area (Å²) in [5.41, 5.74) is 0.905. The maximum absolute atomic E-state index is 11.9. The Kier molecular flexibility index (Phi) is 4.20. The second-order valence-electron chi connectivity index (χ2n) is 3.62. The summed E-state index contributed by atoms with van der Waals surface area (Å²) >= 11 is 2.07. The number of hydrogen-bond acceptors (Lipinski definition) is 4. The molecule has 0 radical (unpaired) electrons. The summed E-state index contributed by atoms with van der Waals surface area (Å²) in [6.45, 7) is 0. The van der Waals surface area contributed by atoms with E-state index in [2.05, 4.69) is 32.6 Å². The van der Waals surface area contributed by atoms with Gasteiger partial charge in [-0.05, 0) is 52.9 Å². The van der Waals surface area contributed by atoms with E-state index < -0.39 is 5.97 Å². The number of benzene rings is 1. The molecule has 5 nitrogen and oxygen atoms in total. The van der Waals surface area contributed by atoms with Gasteiger partial charge < -0.3 is 14.5 Å². The van der Waals surface area contributed by atoms with Crippen molar-refractivity contribution in [1.29, 1.82) is 0 Å². The van der Waals surface area contributed by atoms with E-state index in [4.69, 9.17) is 4.42 Å². The van der Waals surface area contributed by atoms with E-state index in [0.29, 0.717) is 11.3 Å². The Balaban J connectivity index is 2.24. The molecule has 0 saturated carbocycles. The zero-order valence-corrected chi connectivity index (χ0v) is 12.1. The molecule has 6 heteroatoms. The second kappa shape index (κ2) is 5.87. The Morgan fingerprint density at radius 3 is 2.74 bits per heavy atom. The lowest BCUT2D eigenvalue weighted by molar-refractivity contribution is 0.0600. The molecule has 0 unspecified atom stereocenters. The summed E-state index contributed by atoms with van der Waals surface area (Å²) in [7, 11) is 1.31. The molecule has 19 heavy (non-hydrogen) atoms. The average Bonchev–Trinajstić information content (AvgIpc) is 2.94. The van der Waals surface area contributed by atoms with E-state index in [9.17, 15) is 9.59 Å². The van der Waals surface area contributed by atoms with Gasteiger partial charge in [0.2, 0.25) is 0 Å². The Morgan fingerprint density at radius 1 is 1.32 bits per heavy atom. The van der Waals surface area contributed by atoms with E-state index >= 15 is 0 Å². The normalized spacial score (nSPS) is 10.0. The van der Waals surface area contributed by atoms with Crippen LogP contribution in [0.2, 0.25) is 0 Å². The lowest BCUT2D eigenvalue weighted by Gasteiger charge is -2.07. The van der Waals surface area contributed by atoms with Crippen LogP contribution in [0.15, 0.2) is 41.0 Å². The van der Waals surface area contributed by atoms with Crippen LogP contribution in [0.1, 0.15) is 20.9 Å². The number of hydrogen-bond donors (Lipinski definition) is 1. The highest BCUT2D eigenvalue weighted by molar-refractivity contribution is 14.1. The molecule has 0 aliphatic carbocycles. The number of nitrogens with one attached hydrogen (secondary N) is 1. The molecule has 0 aliphatic heterocycles. The van der Waals surface area contributed by atoms with Gasteiger partial charge in [-0.3, -0.25) is 4.79 Å². The molecule has 0 saturated heterocycles. The lowest BCUT2D eigenvalue weighted by atomic mass is 10.2. The maximum Gasteiger partial charge on any atom is 0.337 e. The van der Waals surface area contributed by atoms with Crippen LogP contribution in [0.4, 0.5) is 5.69 Å². The molecule has 0 atom stereocenters. The fourth-order valence-corrected chi connectivity index (χ4v) is 1.93. The minimum Gasteiger partial charge on any atom is -0.465 e. The van der Waals surface area contributed by atoms with Gasteiger partial charge in [0.1, 0.15) is 0 Å². The van der Waals surface area contributed by atoms with Gasteiger partial charge in [-0.15, -0.1) is 0 Å². The standard InChI is InChI=1S/C13H10INO4/c1-18-13(17)8-4-5-9(14)10(7-8)15-12(16)11-3-2-6-19-11/h2-7H,1H3,(H,15,16). The lowest BCUT2D eigenvalue weighted by Crippen LogP contribution is -2.13. The summed E-state index contributed by atoms with van der Waals surface area (Å²) in [4.78, 5) is 23.3. The van der Waals surface area contributed by atoms with E-state index in [1.807, 2.05) is 0 Å². The van der Waals surface area contributed by atoms with Crippen molar-refractivity contribution >= 4 is 40.2 Å². The highest BCUT2D eigenvalue weighted by atomic mass is 127. The Hall–Kier alpha value is -1.83. The number of esters is 1. The molecule has 0 aliphatic rings. The van der Waals surface area contributed by atoms with Crippen molar-refractivity contribution in [3.8, 4) is 0 Å². The smallest absolute Gasteiger partial charge is 0.337 e. The third kappa shape index (κ3) is 3.14. The number of halogens is 1. The predicted octanol–water partition coefficient (Wildman–Crippen LogP) is 2.92. The van der Waals surface area contributed by atoms with E-state index in [-0.39, 0.29) is 11.7 Å². The SMILES string of the molecule is COC(=O)c1ccc(I)c(NC(=O)c2ccco2)c1. The van der Waals surface area contributed by atoms with Gasteiger partial charge in [0.05, 0.1) is 24.6 Å². The fraction of sp³-hybridized carbons (Fsp3) is 0.0769. The fourth-order valence-electron chi connectivity index (χ4n) is 1.46. The predicted molar refractivity (Wildman–Crippen MR) is 77.2 cm³/mol. The molecule has 0 bridgehead atoms. The van der Waals surface area contributed by atoms with Crippen LogP contribution in [0.3, 0.4) is 0 Å². The van der Waals surface area contributed by atoms with Gasteiger partial charge in [0.25, 0.3) is 5.91 Å². The van der Waals surface area contributed by atoms with Gasteiger partial charge in [0.15, 0.2) is 5.76 Å². The molecular weight excluding hydrogens is 361 g/mol. The van der Waals surface area contributed by atoms with Crippen LogP contribution in [0, 0.1) is 3.57 Å². The number of carbonyl (C=O) groups is 2. The number of carbonyl (C=O) groups excluding carboxylic acids is 2. The number of ether oxygens (including phenoxy) is 1. The zero-order valence-electron chi connectivity index (χ0n) is 9.98. The quantitative estimate of drug-likeness (QED) is 0.666. The van der Waals surface area contributed by atoms with Crippen molar-refractivity contribution in [2.24, 2.45) is 0 Å². The topological polar surface area (TPSA) is 68.5 Å². The number of amides is 1. The van der Waals surface area contributed by atoms with Gasteiger partial charge in [0, 0.05) is 3.57 Å². The first-order valence-electron chi connectivity index (χ1n) is 5.34. The maximum atomic E-state index is 11.9. The first-order valence-corrected chi connectivity index (χ1v) is 6.42. The number of rotatable bonds is 3. The summed E-state index contributed by atoms with van der Waals surface area (Å²) < 4.78 is 10.4. The third-order valence-electron chi connectivity index (χ3n) is 2.38. The monoisotopic (exact) mass is 371 g/mol. The summed E-state index contributed by atoms with van der Waals surface area (Å²) in [5.74, 6) is -0.617. The van der Waals surface area contributed by atoms with Crippen molar-refractivity contribution in [2.45, 2.75) is 0 Å². The van der Waals surface area contributed by atoms with Crippen LogP contribution >= 0.6 is 22.6 Å². The van der Waals surface area contributed by atoms with Crippen molar-refractivity contribution < 1.29 is 18.7 Å². The van der Waals surface area contributed by atoms with E-state index in [1.165, 1.54) is 13.4 Å². The molecule has 2 aromatic rings. The second-order valence-corrected chi connectivity index (χ2v) is 4.78. The summed E-state index contributed by atoms with van der Waals surface area (Å²) in [5, 5.41) is 2.68. The molecule has 0 spiro atoms. The van der Waals surface area contributed by atoms with Gasteiger partial charge >= 0.3 is 5.97 Å². The minimum absolute atomic E-state index is 0.208. The zero-order chi connectivity index (χ0) is 13.8. The van der Waals surface area contributed by atoms with Crippen LogP contribution in [-0.2, 0) is 4.74 Å². The highest BCUT2D eigenvalue weighted by Crippen LogP contribution is 2.21. The van der Waals surface area contributed by atoms with Gasteiger partial charge in [-0.1, -0.05) is 0 Å². The van der Waals surface area contributed by atoms with Gasteiger partial charge in [-0.25, -0.2) is 4.79 Å². The molecule has 1 aromatic carbocycles. The molecule has 1 aromatic heterocycles. The molecule has 1 N–H and O–H groups in total. The van der Waals surface area contributed by atoms with E-state index in [1.54, 1.807) is 30.3 Å². The first kappa shape index (κ1) is 13.6. The molecule has 2 rings (SSSR count). The van der Waals surface area contributed by atoms with Crippen molar-refractivity contribution in [3.05, 3.63) is 51.5 Å². The Bertz CT molecular complexity index is 607. The molecule has 1 heterocycles. The Labute approximate surface area is 123 Å². The van der Waals surface area contributed by atoms with Crippen molar-refractivity contribution in [2.75, 3.05) is 12.4 Å².